The standard InChI is InChI=1S/C29H48FN3O4/c1-6-16-37-27-13-12-24(30)19-26(27)29(35,14-8-9-17-36-7-2)23-11-10-15-33(21-23)28(34)32-25(20-31-5)18-22(3)4/h6,12-13,19,22-23,25,31,35H,1,7-11,14-18,20-21H2,2-5H3,(H,32,34)/t23-,25+,29+/m1/s1. The Kier molecular flexibility index (Phi) is 13.4. The summed E-state index contributed by atoms with van der Waals surface area (Å²) in [5, 5.41) is 18.6. The number of halogens is 1. The van der Waals surface area contributed by atoms with E-state index >= 15 is 0 Å². The Labute approximate surface area is 222 Å². The molecule has 1 aromatic carbocycles. The van der Waals surface area contributed by atoms with Crippen LogP contribution < -0.4 is 15.4 Å². The van der Waals surface area contributed by atoms with Gasteiger partial charge in [0, 0.05) is 50.4 Å². The lowest BCUT2D eigenvalue weighted by Gasteiger charge is -2.43. The first-order chi connectivity index (χ1) is 17.7. The first-order valence-corrected chi connectivity index (χ1v) is 13.8. The summed E-state index contributed by atoms with van der Waals surface area (Å²) in [5.41, 5.74) is -0.919. The van der Waals surface area contributed by atoms with Gasteiger partial charge in [-0.2, -0.15) is 0 Å². The number of nitrogens with one attached hydrogen (secondary N) is 2. The molecule has 0 unspecified atom stereocenters. The highest BCUT2D eigenvalue weighted by molar-refractivity contribution is 5.74. The third-order valence-electron chi connectivity index (χ3n) is 6.98. The number of rotatable bonds is 16. The van der Waals surface area contributed by atoms with Crippen molar-refractivity contribution in [2.45, 2.75) is 70.9 Å². The average Bonchev–Trinajstić information content (AvgIpc) is 2.87. The van der Waals surface area contributed by atoms with Crippen molar-refractivity contribution in [2.75, 3.05) is 46.5 Å². The number of carbonyl (C=O) groups is 1. The van der Waals surface area contributed by atoms with Crippen LogP contribution in [0.3, 0.4) is 0 Å². The van der Waals surface area contributed by atoms with Crippen LogP contribution in [0, 0.1) is 17.7 Å². The molecule has 0 spiro atoms. The van der Waals surface area contributed by atoms with Crippen molar-refractivity contribution >= 4 is 6.03 Å². The number of piperidine rings is 1. The molecule has 0 saturated carbocycles. The lowest BCUT2D eigenvalue weighted by molar-refractivity contribution is -0.0582. The maximum atomic E-state index is 14.5. The summed E-state index contributed by atoms with van der Waals surface area (Å²) in [5.74, 6) is 0.209. The molecular weight excluding hydrogens is 473 g/mol. The van der Waals surface area contributed by atoms with Gasteiger partial charge in [-0.25, -0.2) is 9.18 Å². The number of hydrogen-bond donors (Lipinski definition) is 3. The van der Waals surface area contributed by atoms with Gasteiger partial charge >= 0.3 is 6.03 Å². The van der Waals surface area contributed by atoms with Crippen LogP contribution in [0.15, 0.2) is 30.9 Å². The van der Waals surface area contributed by atoms with Crippen molar-refractivity contribution in [1.29, 1.82) is 0 Å². The van der Waals surface area contributed by atoms with E-state index in [-0.39, 0.29) is 24.6 Å². The van der Waals surface area contributed by atoms with Gasteiger partial charge in [0.05, 0.1) is 5.60 Å². The summed E-state index contributed by atoms with van der Waals surface area (Å²) < 4.78 is 25.8. The van der Waals surface area contributed by atoms with Crippen LogP contribution in [0.5, 0.6) is 5.75 Å². The number of ether oxygens (including phenoxy) is 2. The minimum Gasteiger partial charge on any atom is -0.489 e. The van der Waals surface area contributed by atoms with Crippen molar-refractivity contribution in [1.82, 2.24) is 15.5 Å². The molecule has 0 radical (unpaired) electrons. The van der Waals surface area contributed by atoms with E-state index in [4.69, 9.17) is 9.47 Å². The van der Waals surface area contributed by atoms with Crippen LogP contribution >= 0.6 is 0 Å². The molecule has 1 aromatic rings. The van der Waals surface area contributed by atoms with Gasteiger partial charge in [-0.1, -0.05) is 26.5 Å². The SMILES string of the molecule is C=CCOc1ccc(F)cc1[C@](O)(CCCCOCC)[C@@H]1CCCN(C(=O)N[C@H](CNC)CC(C)C)C1. The number of urea groups is 1. The summed E-state index contributed by atoms with van der Waals surface area (Å²) in [7, 11) is 1.88. The fourth-order valence-corrected chi connectivity index (χ4v) is 5.24. The maximum absolute atomic E-state index is 14.5. The van der Waals surface area contributed by atoms with Crippen LogP contribution in [-0.2, 0) is 10.3 Å². The summed E-state index contributed by atoms with van der Waals surface area (Å²) in [4.78, 5) is 15.1. The van der Waals surface area contributed by atoms with E-state index < -0.39 is 11.4 Å². The number of nitrogens with zero attached hydrogens (tertiary/aromatic N) is 1. The minimum atomic E-state index is -1.36. The lowest BCUT2D eigenvalue weighted by Crippen LogP contribution is -2.54. The van der Waals surface area contributed by atoms with Gasteiger partial charge in [0.15, 0.2) is 0 Å². The Morgan fingerprint density at radius 2 is 2.16 bits per heavy atom. The molecule has 1 fully saturated rings. The van der Waals surface area contributed by atoms with Gasteiger partial charge in [-0.3, -0.25) is 0 Å². The molecule has 1 aliphatic heterocycles. The smallest absolute Gasteiger partial charge is 0.317 e. The zero-order valence-corrected chi connectivity index (χ0v) is 23.2. The first-order valence-electron chi connectivity index (χ1n) is 13.8. The summed E-state index contributed by atoms with van der Waals surface area (Å²) in [6, 6.07) is 4.20. The fourth-order valence-electron chi connectivity index (χ4n) is 5.24. The quantitative estimate of drug-likeness (QED) is 0.214. The number of aliphatic hydroxyl groups is 1. The molecule has 2 amide bonds. The van der Waals surface area contributed by atoms with E-state index in [0.717, 1.165) is 25.7 Å². The molecule has 2 rings (SSSR count). The molecule has 7 nitrogen and oxygen atoms in total. The fraction of sp³-hybridized carbons (Fsp3) is 0.690. The second-order valence-electron chi connectivity index (χ2n) is 10.4. The van der Waals surface area contributed by atoms with Crippen LogP contribution in [-0.4, -0.2) is 68.6 Å². The second kappa shape index (κ2) is 15.9. The number of unbranched alkanes of at least 4 members (excludes halogenated alkanes) is 1. The monoisotopic (exact) mass is 521 g/mol. The number of likely N-dealkylation sites (N-methyl/N-ethyl adjacent to an activating group) is 1. The van der Waals surface area contributed by atoms with E-state index in [1.807, 2.05) is 14.0 Å². The largest absolute Gasteiger partial charge is 0.489 e. The summed E-state index contributed by atoms with van der Waals surface area (Å²) in [6.45, 7) is 13.2. The molecular formula is C29H48FN3O4. The predicted octanol–water partition coefficient (Wildman–Crippen LogP) is 4.84. The van der Waals surface area contributed by atoms with Crippen LogP contribution in [0.1, 0.15) is 64.9 Å². The predicted molar refractivity (Wildman–Crippen MR) is 146 cm³/mol. The normalized spacial score (nSPS) is 18.4. The molecule has 1 saturated heterocycles. The Bertz CT molecular complexity index is 837. The van der Waals surface area contributed by atoms with Gasteiger partial charge in [0.2, 0.25) is 0 Å². The molecule has 1 heterocycles. The second-order valence-corrected chi connectivity index (χ2v) is 10.4. The number of benzene rings is 1. The van der Waals surface area contributed by atoms with Crippen molar-refractivity contribution in [3.05, 3.63) is 42.2 Å². The van der Waals surface area contributed by atoms with Crippen molar-refractivity contribution < 1.29 is 23.8 Å². The number of carbonyl (C=O) groups excluding carboxylic acids is 1. The highest BCUT2D eigenvalue weighted by Crippen LogP contribution is 2.43. The topological polar surface area (TPSA) is 83.1 Å². The molecule has 210 valence electrons. The zero-order valence-electron chi connectivity index (χ0n) is 23.2. The van der Waals surface area contributed by atoms with Crippen molar-refractivity contribution in [3.8, 4) is 5.75 Å². The Balaban J connectivity index is 2.29. The summed E-state index contributed by atoms with van der Waals surface area (Å²) >= 11 is 0. The molecule has 0 bridgehead atoms. The third kappa shape index (κ3) is 9.58. The van der Waals surface area contributed by atoms with E-state index in [1.165, 1.54) is 12.1 Å². The van der Waals surface area contributed by atoms with Gasteiger partial charge in [-0.05, 0) is 76.6 Å². The Hall–Kier alpha value is -2.16. The van der Waals surface area contributed by atoms with Crippen LogP contribution in [0.4, 0.5) is 9.18 Å². The van der Waals surface area contributed by atoms with Gasteiger partial charge in [0.25, 0.3) is 0 Å². The van der Waals surface area contributed by atoms with E-state index in [2.05, 4.69) is 31.1 Å². The number of likely N-dealkylation sites (tertiary alicyclic amines) is 1. The maximum Gasteiger partial charge on any atom is 0.317 e. The molecule has 37 heavy (non-hydrogen) atoms. The minimum absolute atomic E-state index is 0.0254. The van der Waals surface area contributed by atoms with Gasteiger partial charge in [0.1, 0.15) is 18.2 Å². The number of hydrogen-bond acceptors (Lipinski definition) is 5. The lowest BCUT2D eigenvalue weighted by atomic mass is 9.73. The summed E-state index contributed by atoms with van der Waals surface area (Å²) in [6.07, 6.45) is 5.90. The van der Waals surface area contributed by atoms with Crippen LogP contribution in [0.25, 0.3) is 0 Å². The first kappa shape index (κ1) is 31.1. The number of amides is 2. The van der Waals surface area contributed by atoms with Gasteiger partial charge in [-0.15, -0.1) is 0 Å². The molecule has 0 aromatic heterocycles. The molecule has 8 heteroatoms. The van der Waals surface area contributed by atoms with Crippen molar-refractivity contribution in [3.63, 3.8) is 0 Å². The molecule has 3 N–H and O–H groups in total. The molecule has 0 aliphatic carbocycles. The molecule has 3 atom stereocenters. The zero-order chi connectivity index (χ0) is 27.3. The highest BCUT2D eigenvalue weighted by Gasteiger charge is 2.43. The highest BCUT2D eigenvalue weighted by atomic mass is 19.1. The van der Waals surface area contributed by atoms with Gasteiger partial charge < -0.3 is 30.1 Å². The third-order valence-corrected chi connectivity index (χ3v) is 6.98. The van der Waals surface area contributed by atoms with E-state index in [0.29, 0.717) is 62.9 Å². The Morgan fingerprint density at radius 3 is 2.84 bits per heavy atom. The van der Waals surface area contributed by atoms with Crippen LogP contribution in [0.2, 0.25) is 0 Å². The molecule has 1 aliphatic rings. The average molecular weight is 522 g/mol. The van der Waals surface area contributed by atoms with E-state index in [1.54, 1.807) is 17.0 Å². The Morgan fingerprint density at radius 1 is 1.38 bits per heavy atom. The van der Waals surface area contributed by atoms with E-state index in [9.17, 15) is 14.3 Å². The van der Waals surface area contributed by atoms with Crippen molar-refractivity contribution in [2.24, 2.45) is 11.8 Å².